The molecule has 1 aliphatic rings. The van der Waals surface area contributed by atoms with Crippen molar-refractivity contribution in [1.82, 2.24) is 0 Å². The van der Waals surface area contributed by atoms with Gasteiger partial charge in [0.1, 0.15) is 0 Å². The first kappa shape index (κ1) is 13.7. The summed E-state index contributed by atoms with van der Waals surface area (Å²) >= 11 is 5.89. The lowest BCUT2D eigenvalue weighted by Gasteiger charge is -2.32. The fourth-order valence-corrected chi connectivity index (χ4v) is 2.50. The highest BCUT2D eigenvalue weighted by Crippen LogP contribution is 2.24. The molecule has 0 aromatic heterocycles. The summed E-state index contributed by atoms with van der Waals surface area (Å²) in [7, 11) is 0. The van der Waals surface area contributed by atoms with Crippen molar-refractivity contribution in [2.24, 2.45) is 0 Å². The van der Waals surface area contributed by atoms with Gasteiger partial charge in [-0.15, -0.1) is 0 Å². The lowest BCUT2D eigenvalue weighted by Crippen LogP contribution is -2.33. The maximum atomic E-state index is 5.93. The van der Waals surface area contributed by atoms with Crippen LogP contribution in [0.5, 0.6) is 0 Å². The van der Waals surface area contributed by atoms with Gasteiger partial charge >= 0.3 is 0 Å². The van der Waals surface area contributed by atoms with Gasteiger partial charge in [0.25, 0.3) is 0 Å². The Kier molecular flexibility index (Phi) is 4.49. The predicted molar refractivity (Wildman–Crippen MR) is 73.7 cm³/mol. The summed E-state index contributed by atoms with van der Waals surface area (Å²) < 4.78 is 11.6. The zero-order valence-corrected chi connectivity index (χ0v) is 11.6. The molecule has 2 rings (SSSR count). The molecule has 2 atom stereocenters. The van der Waals surface area contributed by atoms with Crippen LogP contribution in [0.1, 0.15) is 32.3 Å². The van der Waals surface area contributed by atoms with Crippen molar-refractivity contribution in [2.75, 3.05) is 5.73 Å². The number of hydrogen-bond acceptors (Lipinski definition) is 3. The summed E-state index contributed by atoms with van der Waals surface area (Å²) in [6.45, 7) is 4.75. The molecule has 0 spiro atoms. The van der Waals surface area contributed by atoms with Gasteiger partial charge in [0.05, 0.1) is 35.6 Å². The summed E-state index contributed by atoms with van der Waals surface area (Å²) in [5.41, 5.74) is 7.43. The Morgan fingerprint density at radius 3 is 2.61 bits per heavy atom. The number of benzene rings is 1. The topological polar surface area (TPSA) is 44.5 Å². The van der Waals surface area contributed by atoms with Crippen molar-refractivity contribution < 1.29 is 9.47 Å². The molecule has 1 aromatic rings. The van der Waals surface area contributed by atoms with E-state index in [4.69, 9.17) is 26.8 Å². The van der Waals surface area contributed by atoms with Crippen LogP contribution < -0.4 is 5.73 Å². The van der Waals surface area contributed by atoms with Crippen molar-refractivity contribution in [2.45, 2.75) is 51.6 Å². The Labute approximate surface area is 113 Å². The molecule has 0 radical (unpaired) electrons. The van der Waals surface area contributed by atoms with Crippen LogP contribution >= 0.6 is 11.6 Å². The number of anilines is 1. The largest absolute Gasteiger partial charge is 0.398 e. The molecule has 1 fully saturated rings. The summed E-state index contributed by atoms with van der Waals surface area (Å²) in [6, 6.07) is 5.63. The lowest BCUT2D eigenvalue weighted by atomic mass is 10.0. The van der Waals surface area contributed by atoms with Crippen LogP contribution in [0.15, 0.2) is 18.2 Å². The molecular weight excluding hydrogens is 250 g/mol. The minimum atomic E-state index is 0.264. The van der Waals surface area contributed by atoms with E-state index in [1.165, 1.54) is 0 Å². The molecule has 18 heavy (non-hydrogen) atoms. The minimum absolute atomic E-state index is 0.264. The summed E-state index contributed by atoms with van der Waals surface area (Å²) in [5, 5.41) is 0.590. The van der Waals surface area contributed by atoms with Gasteiger partial charge in [-0.2, -0.15) is 0 Å². The highest BCUT2D eigenvalue weighted by atomic mass is 35.5. The number of ether oxygens (including phenoxy) is 2. The molecule has 0 amide bonds. The van der Waals surface area contributed by atoms with Crippen LogP contribution in [0, 0.1) is 0 Å². The van der Waals surface area contributed by atoms with Crippen molar-refractivity contribution in [3.05, 3.63) is 28.8 Å². The third-order valence-corrected chi connectivity index (χ3v) is 3.54. The molecule has 0 aliphatic carbocycles. The lowest BCUT2D eigenvalue weighted by molar-refractivity contribution is -0.106. The quantitative estimate of drug-likeness (QED) is 0.856. The van der Waals surface area contributed by atoms with E-state index in [9.17, 15) is 0 Å². The monoisotopic (exact) mass is 269 g/mol. The maximum Gasteiger partial charge on any atom is 0.0721 e. The van der Waals surface area contributed by atoms with E-state index in [0.717, 1.165) is 18.4 Å². The average molecular weight is 270 g/mol. The molecule has 100 valence electrons. The minimum Gasteiger partial charge on any atom is -0.398 e. The van der Waals surface area contributed by atoms with Crippen LogP contribution in [0.4, 0.5) is 5.69 Å². The highest BCUT2D eigenvalue weighted by Gasteiger charge is 2.24. The van der Waals surface area contributed by atoms with Crippen molar-refractivity contribution in [1.29, 1.82) is 0 Å². The van der Waals surface area contributed by atoms with Crippen LogP contribution in [0.3, 0.4) is 0 Å². The molecule has 1 aliphatic heterocycles. The average Bonchev–Trinajstić information content (AvgIpc) is 2.29. The van der Waals surface area contributed by atoms with Gasteiger partial charge in [0, 0.05) is 0 Å². The van der Waals surface area contributed by atoms with E-state index in [1.54, 1.807) is 0 Å². The number of nitrogens with two attached hydrogens (primary N) is 1. The first-order valence-electron chi connectivity index (χ1n) is 6.35. The van der Waals surface area contributed by atoms with E-state index >= 15 is 0 Å². The predicted octanol–water partition coefficient (Wildman–Crippen LogP) is 3.39. The van der Waals surface area contributed by atoms with Gasteiger partial charge in [0.15, 0.2) is 0 Å². The fourth-order valence-electron chi connectivity index (χ4n) is 2.38. The Bertz CT molecular complexity index is 401. The van der Waals surface area contributed by atoms with Crippen molar-refractivity contribution >= 4 is 17.3 Å². The number of rotatable bonds is 3. The van der Waals surface area contributed by atoms with Crippen molar-refractivity contribution in [3.63, 3.8) is 0 Å². The summed E-state index contributed by atoms with van der Waals surface area (Å²) in [4.78, 5) is 0. The van der Waals surface area contributed by atoms with Gasteiger partial charge in [-0.05, 0) is 44.4 Å². The molecule has 2 N–H and O–H groups in total. The van der Waals surface area contributed by atoms with Gasteiger partial charge in [0.2, 0.25) is 0 Å². The van der Waals surface area contributed by atoms with E-state index in [1.807, 2.05) is 18.2 Å². The molecule has 1 heterocycles. The normalized spacial score (nSPS) is 28.3. The molecule has 3 nitrogen and oxygen atoms in total. The van der Waals surface area contributed by atoms with Crippen LogP contribution in [-0.4, -0.2) is 18.3 Å². The molecule has 0 saturated carbocycles. The molecule has 0 bridgehead atoms. The van der Waals surface area contributed by atoms with E-state index < -0.39 is 0 Å². The Morgan fingerprint density at radius 1 is 1.33 bits per heavy atom. The SMILES string of the molecule is CC1CC(OCc2ccc(Cl)c(N)c2)CC(C)O1. The highest BCUT2D eigenvalue weighted by molar-refractivity contribution is 6.33. The Hall–Kier alpha value is -0.770. The smallest absolute Gasteiger partial charge is 0.0721 e. The first-order chi connectivity index (χ1) is 8.54. The Balaban J connectivity index is 1.89. The summed E-state index contributed by atoms with van der Waals surface area (Å²) in [5.74, 6) is 0. The third-order valence-electron chi connectivity index (χ3n) is 3.20. The maximum absolute atomic E-state index is 5.93. The second-order valence-electron chi connectivity index (χ2n) is 5.02. The second-order valence-corrected chi connectivity index (χ2v) is 5.42. The standard InChI is InChI=1S/C14H20ClNO2/c1-9-5-12(6-10(2)18-9)17-8-11-3-4-13(15)14(16)7-11/h3-4,7,9-10,12H,5-6,8,16H2,1-2H3. The molecule has 1 aromatic carbocycles. The number of halogens is 1. The van der Waals surface area contributed by atoms with Crippen LogP contribution in [0.2, 0.25) is 5.02 Å². The van der Waals surface area contributed by atoms with E-state index in [2.05, 4.69) is 13.8 Å². The molecule has 4 heteroatoms. The second kappa shape index (κ2) is 5.91. The van der Waals surface area contributed by atoms with E-state index in [-0.39, 0.29) is 18.3 Å². The van der Waals surface area contributed by atoms with Gasteiger partial charge < -0.3 is 15.2 Å². The van der Waals surface area contributed by atoms with Gasteiger partial charge in [-0.1, -0.05) is 17.7 Å². The Morgan fingerprint density at radius 2 is 2.00 bits per heavy atom. The number of hydrogen-bond donors (Lipinski definition) is 1. The number of nitrogen functional groups attached to an aromatic ring is 1. The zero-order valence-electron chi connectivity index (χ0n) is 10.9. The third kappa shape index (κ3) is 3.61. The van der Waals surface area contributed by atoms with Crippen LogP contribution in [0.25, 0.3) is 0 Å². The summed E-state index contributed by atoms with van der Waals surface area (Å²) in [6.07, 6.45) is 2.71. The van der Waals surface area contributed by atoms with Crippen molar-refractivity contribution in [3.8, 4) is 0 Å². The molecule has 1 saturated heterocycles. The fraction of sp³-hybridized carbons (Fsp3) is 0.571. The molecule has 2 unspecified atom stereocenters. The van der Waals surface area contributed by atoms with Gasteiger partial charge in [-0.25, -0.2) is 0 Å². The van der Waals surface area contributed by atoms with E-state index in [0.29, 0.717) is 17.3 Å². The van der Waals surface area contributed by atoms with Gasteiger partial charge in [-0.3, -0.25) is 0 Å². The zero-order chi connectivity index (χ0) is 13.1. The first-order valence-corrected chi connectivity index (χ1v) is 6.73. The van der Waals surface area contributed by atoms with Crippen LogP contribution in [-0.2, 0) is 16.1 Å². The molecular formula is C14H20ClNO2.